The van der Waals surface area contributed by atoms with Crippen LogP contribution in [0.25, 0.3) is 0 Å². The number of hydrogen-bond donors (Lipinski definition) is 2. The van der Waals surface area contributed by atoms with E-state index in [1.165, 1.54) is 44.5 Å². The number of hydrogen-bond acceptors (Lipinski definition) is 6. The maximum Gasteiger partial charge on any atom is 0.434 e. The molecule has 1 aromatic heterocycles. The molecular weight excluding hydrogens is 498 g/mol. The molecule has 1 heterocycles. The van der Waals surface area contributed by atoms with Crippen LogP contribution in [0.15, 0.2) is 41.6 Å². The van der Waals surface area contributed by atoms with Gasteiger partial charge in [0.25, 0.3) is 17.9 Å². The van der Waals surface area contributed by atoms with E-state index in [1.807, 2.05) is 0 Å². The summed E-state index contributed by atoms with van der Waals surface area (Å²) in [5.41, 5.74) is -1.13. The zero-order chi connectivity index (χ0) is 27.3. The topological polar surface area (TPSA) is 102 Å². The van der Waals surface area contributed by atoms with Crippen molar-refractivity contribution in [3.63, 3.8) is 0 Å². The highest BCUT2D eigenvalue weighted by molar-refractivity contribution is 6.12. The van der Waals surface area contributed by atoms with Gasteiger partial charge in [-0.1, -0.05) is 17.3 Å². The van der Waals surface area contributed by atoms with E-state index in [1.54, 1.807) is 13.8 Å². The summed E-state index contributed by atoms with van der Waals surface area (Å²) in [7, 11) is 1.33. The lowest BCUT2D eigenvalue weighted by molar-refractivity contribution is -0.300. The molecule has 0 radical (unpaired) electrons. The van der Waals surface area contributed by atoms with E-state index in [0.717, 1.165) is 12.1 Å². The number of carbonyl (C=O) groups excluding carboxylic acids is 2. The number of nitrogens with zero attached hydrogens (tertiary/aromatic N) is 2. The first-order valence-corrected chi connectivity index (χ1v) is 10.1. The molecule has 2 N–H and O–H groups in total. The van der Waals surface area contributed by atoms with Crippen LogP contribution in [-0.2, 0) is 4.84 Å². The number of aromatic nitrogens is 1. The normalized spacial score (nSPS) is 12.5. The van der Waals surface area contributed by atoms with Crippen LogP contribution in [0, 0.1) is 6.92 Å². The van der Waals surface area contributed by atoms with Gasteiger partial charge in [-0.3, -0.25) is 9.59 Å². The van der Waals surface area contributed by atoms with Gasteiger partial charge in [0.05, 0.1) is 34.3 Å². The number of nitrogens with one attached hydrogen (secondary N) is 2. The van der Waals surface area contributed by atoms with E-state index in [9.17, 15) is 35.9 Å². The lowest BCUT2D eigenvalue weighted by Gasteiger charge is -2.23. The monoisotopic (exact) mass is 520 g/mol. The van der Waals surface area contributed by atoms with E-state index in [4.69, 9.17) is 0 Å². The summed E-state index contributed by atoms with van der Waals surface area (Å²) in [5, 5.41) is 8.70. The first-order valence-electron chi connectivity index (χ1n) is 10.1. The van der Waals surface area contributed by atoms with Crippen molar-refractivity contribution in [2.75, 3.05) is 12.4 Å². The molecule has 0 aliphatic carbocycles. The highest BCUT2D eigenvalue weighted by Gasteiger charge is 2.59. The first kappa shape index (κ1) is 28.4. The summed E-state index contributed by atoms with van der Waals surface area (Å²) in [5.74, 6) is -2.33. The number of carbonyl (C=O) groups is 2. The van der Waals surface area contributed by atoms with E-state index in [0.29, 0.717) is 0 Å². The fourth-order valence-electron chi connectivity index (χ4n) is 2.82. The van der Waals surface area contributed by atoms with Crippen molar-refractivity contribution >= 4 is 23.7 Å². The average Bonchev–Trinajstić information content (AvgIpc) is 2.76. The van der Waals surface area contributed by atoms with Crippen LogP contribution in [0.2, 0.25) is 0 Å². The molecule has 0 atom stereocenters. The van der Waals surface area contributed by atoms with E-state index < -0.39 is 41.7 Å². The molecule has 0 bridgehead atoms. The Labute approximate surface area is 201 Å². The Morgan fingerprint density at radius 2 is 1.53 bits per heavy atom. The number of pyridine rings is 1. The van der Waals surface area contributed by atoms with Gasteiger partial charge in [0, 0.05) is 6.07 Å². The smallest absolute Gasteiger partial charge is 0.434 e. The Hall–Kier alpha value is -3.84. The zero-order valence-corrected chi connectivity index (χ0v) is 19.4. The number of halogens is 6. The van der Waals surface area contributed by atoms with E-state index in [2.05, 4.69) is 30.3 Å². The summed E-state index contributed by atoms with van der Waals surface area (Å²) < 4.78 is 80.4. The molecule has 0 saturated carbocycles. The summed E-state index contributed by atoms with van der Waals surface area (Å²) in [6.45, 7) is 4.52. The third kappa shape index (κ3) is 7.58. The van der Waals surface area contributed by atoms with Gasteiger partial charge in [-0.05, 0) is 39.0 Å². The molecular formula is C22H22F6N4O4. The number of amides is 2. The summed E-state index contributed by atoms with van der Waals surface area (Å²) in [6.07, 6.45) is -14.2. The molecule has 0 unspecified atom stereocenters. The molecule has 0 fully saturated rings. The summed E-state index contributed by atoms with van der Waals surface area (Å²) in [4.78, 5) is 33.8. The Morgan fingerprint density at radius 3 is 2.03 bits per heavy atom. The molecule has 2 amide bonds. The number of alkyl halides is 6. The van der Waals surface area contributed by atoms with Crippen LogP contribution >= 0.6 is 0 Å². The minimum Gasteiger partial charge on any atom is -0.455 e. The van der Waals surface area contributed by atoms with Crippen LogP contribution < -0.4 is 15.4 Å². The van der Waals surface area contributed by atoms with Crippen molar-refractivity contribution in [3.8, 4) is 5.88 Å². The van der Waals surface area contributed by atoms with Crippen LogP contribution in [0.1, 0.15) is 40.3 Å². The molecule has 8 nitrogen and oxygen atoms in total. The van der Waals surface area contributed by atoms with Crippen LogP contribution in [0.4, 0.5) is 32.0 Å². The molecule has 1 aromatic carbocycles. The third-order valence-electron chi connectivity index (χ3n) is 4.47. The quantitative estimate of drug-likeness (QED) is 0.300. The summed E-state index contributed by atoms with van der Waals surface area (Å²) >= 11 is 0. The number of benzene rings is 1. The molecule has 0 aliphatic heterocycles. The van der Waals surface area contributed by atoms with Gasteiger partial charge in [-0.2, -0.15) is 26.3 Å². The largest absolute Gasteiger partial charge is 0.455 e. The van der Waals surface area contributed by atoms with Crippen molar-refractivity contribution in [2.45, 2.75) is 44.8 Å². The molecule has 2 rings (SSSR count). The van der Waals surface area contributed by atoms with Gasteiger partial charge in [-0.25, -0.2) is 4.98 Å². The van der Waals surface area contributed by atoms with Gasteiger partial charge in [0.2, 0.25) is 5.88 Å². The fourth-order valence-corrected chi connectivity index (χ4v) is 2.82. The Morgan fingerprint density at radius 1 is 0.972 bits per heavy atom. The Bertz CT molecular complexity index is 1120. The Kier molecular flexibility index (Phi) is 8.54. The van der Waals surface area contributed by atoms with Crippen LogP contribution in [-0.4, -0.2) is 54.1 Å². The summed E-state index contributed by atoms with van der Waals surface area (Å²) in [6, 6.07) is 7.57. The minimum absolute atomic E-state index is 0.00217. The van der Waals surface area contributed by atoms with E-state index in [-0.39, 0.29) is 22.5 Å². The van der Waals surface area contributed by atoms with E-state index >= 15 is 0 Å². The maximum atomic E-state index is 12.9. The fraction of sp³-hybridized carbons (Fsp3) is 0.364. The minimum atomic E-state index is -5.71. The number of ether oxygens (including phenoxy) is 1. The number of oxime groups is 1. The molecule has 0 spiro atoms. The predicted octanol–water partition coefficient (Wildman–Crippen LogP) is 4.65. The highest BCUT2D eigenvalue weighted by Crippen LogP contribution is 2.36. The number of anilines is 1. The van der Waals surface area contributed by atoms with Gasteiger partial charge in [0.1, 0.15) is 7.11 Å². The van der Waals surface area contributed by atoms with Crippen molar-refractivity contribution in [1.29, 1.82) is 0 Å². The molecule has 36 heavy (non-hydrogen) atoms. The maximum absolute atomic E-state index is 12.9. The van der Waals surface area contributed by atoms with Crippen molar-refractivity contribution in [3.05, 3.63) is 53.2 Å². The lowest BCUT2D eigenvalue weighted by atomic mass is 10.0. The predicted molar refractivity (Wildman–Crippen MR) is 117 cm³/mol. The van der Waals surface area contributed by atoms with Gasteiger partial charge in [0.15, 0.2) is 0 Å². The third-order valence-corrected chi connectivity index (χ3v) is 4.47. The zero-order valence-electron chi connectivity index (χ0n) is 19.4. The Balaban J connectivity index is 2.24. The molecule has 196 valence electrons. The lowest BCUT2D eigenvalue weighted by Crippen LogP contribution is -2.46. The van der Waals surface area contributed by atoms with Gasteiger partial charge >= 0.3 is 12.4 Å². The first-order chi connectivity index (χ1) is 16.5. The second kappa shape index (κ2) is 10.8. The number of aryl methyl sites for hydroxylation is 1. The standard InChI is InChI=1S/C22H22F6N4O4/c1-12-15(9-10-16(30-12)36-19(21(23,24)25)22(26,27)28)31-17(33)13-7-5-6-8-14(13)18(34)32-20(2,3)11-29-35-4/h5-11,19H,1-4H3,(H,31,33)(H,32,34)/b29-11+. The molecule has 0 saturated heterocycles. The second-order valence-electron chi connectivity index (χ2n) is 7.96. The van der Waals surface area contributed by atoms with Crippen molar-refractivity contribution in [2.24, 2.45) is 5.16 Å². The molecule has 0 aliphatic rings. The van der Waals surface area contributed by atoms with Gasteiger partial charge in [-0.15, -0.1) is 0 Å². The van der Waals surface area contributed by atoms with Crippen molar-refractivity contribution in [1.82, 2.24) is 10.3 Å². The van der Waals surface area contributed by atoms with Crippen LogP contribution in [0.3, 0.4) is 0 Å². The van der Waals surface area contributed by atoms with Gasteiger partial charge < -0.3 is 20.2 Å². The van der Waals surface area contributed by atoms with Crippen LogP contribution in [0.5, 0.6) is 5.88 Å². The molecule has 2 aromatic rings. The highest BCUT2D eigenvalue weighted by atomic mass is 19.4. The van der Waals surface area contributed by atoms with Crippen molar-refractivity contribution < 1.29 is 45.5 Å². The SMILES string of the molecule is CO/N=C/C(C)(C)NC(=O)c1ccccc1C(=O)Nc1ccc(OC(C(F)(F)F)C(F)(F)F)nc1C. The second-order valence-corrected chi connectivity index (χ2v) is 7.96. The number of rotatable bonds is 8. The average molecular weight is 520 g/mol. The molecule has 14 heteroatoms.